The number of anilines is 2. The minimum absolute atomic E-state index is 0.178. The summed E-state index contributed by atoms with van der Waals surface area (Å²) in [5.41, 5.74) is 2.65. The van der Waals surface area contributed by atoms with Gasteiger partial charge < -0.3 is 15.7 Å². The Morgan fingerprint density at radius 3 is 2.55 bits per heavy atom. The van der Waals surface area contributed by atoms with Gasteiger partial charge in [0.25, 0.3) is 5.56 Å². The number of aliphatic hydroxyl groups is 1. The lowest BCUT2D eigenvalue weighted by molar-refractivity contribution is 0.0443. The topological polar surface area (TPSA) is 110 Å². The highest BCUT2D eigenvalue weighted by Crippen LogP contribution is 2.48. The van der Waals surface area contributed by atoms with Crippen LogP contribution in [-0.2, 0) is 12.1 Å². The van der Waals surface area contributed by atoms with Crippen LogP contribution in [0.3, 0.4) is 0 Å². The van der Waals surface area contributed by atoms with Crippen molar-refractivity contribution in [2.45, 2.75) is 76.4 Å². The second-order valence-electron chi connectivity index (χ2n) is 12.6. The molecule has 1 atom stereocenters. The molecule has 0 radical (unpaired) electrons. The Balaban J connectivity index is 1.16. The van der Waals surface area contributed by atoms with Crippen LogP contribution in [0.4, 0.5) is 11.6 Å². The van der Waals surface area contributed by atoms with Crippen LogP contribution >= 0.6 is 0 Å². The number of pyridine rings is 1. The first kappa shape index (κ1) is 27.0. The molecule has 7 rings (SSSR count). The van der Waals surface area contributed by atoms with Crippen molar-refractivity contribution < 1.29 is 5.11 Å². The average molecular weight is 566 g/mol. The maximum Gasteiger partial charge on any atom is 0.278 e. The zero-order chi connectivity index (χ0) is 28.7. The van der Waals surface area contributed by atoms with Crippen molar-refractivity contribution in [2.24, 2.45) is 5.41 Å². The summed E-state index contributed by atoms with van der Waals surface area (Å²) in [6, 6.07) is 14.2. The molecule has 2 bridgehead atoms. The minimum Gasteiger partial charge on any atom is -0.384 e. The maximum absolute atomic E-state index is 13.4. The Kier molecular flexibility index (Phi) is 6.94. The largest absolute Gasteiger partial charge is 0.384 e. The van der Waals surface area contributed by atoms with Gasteiger partial charge in [-0.05, 0) is 113 Å². The Morgan fingerprint density at radius 2 is 1.76 bits per heavy atom. The number of benzene rings is 1. The van der Waals surface area contributed by atoms with E-state index < -0.39 is 5.60 Å². The summed E-state index contributed by atoms with van der Waals surface area (Å²) in [7, 11) is 0. The Hall–Kier alpha value is -3.82. The van der Waals surface area contributed by atoms with Gasteiger partial charge in [-0.3, -0.25) is 4.79 Å². The second-order valence-corrected chi connectivity index (χ2v) is 12.6. The van der Waals surface area contributed by atoms with Gasteiger partial charge in [-0.15, -0.1) is 0 Å². The number of fused-ring (bicyclic) bond motifs is 6. The van der Waals surface area contributed by atoms with Crippen LogP contribution < -0.4 is 16.2 Å². The monoisotopic (exact) mass is 565 g/mol. The van der Waals surface area contributed by atoms with Crippen molar-refractivity contribution in [1.29, 1.82) is 0 Å². The first-order valence-electron chi connectivity index (χ1n) is 15.3. The number of piperidine rings is 1. The summed E-state index contributed by atoms with van der Waals surface area (Å²) >= 11 is 0. The van der Waals surface area contributed by atoms with Crippen LogP contribution in [0.1, 0.15) is 75.5 Å². The van der Waals surface area contributed by atoms with E-state index >= 15 is 0 Å². The molecule has 1 aromatic carbocycles. The Labute approximate surface area is 245 Å². The molecule has 1 saturated heterocycles. The van der Waals surface area contributed by atoms with E-state index in [1.807, 2.05) is 30.4 Å². The van der Waals surface area contributed by atoms with Gasteiger partial charge in [-0.25, -0.2) is 19.3 Å². The van der Waals surface area contributed by atoms with Gasteiger partial charge in [-0.2, -0.15) is 4.98 Å². The van der Waals surface area contributed by atoms with Crippen molar-refractivity contribution in [3.8, 4) is 5.82 Å². The van der Waals surface area contributed by atoms with Gasteiger partial charge in [0.1, 0.15) is 11.0 Å². The lowest BCUT2D eigenvalue weighted by Gasteiger charge is -2.43. The number of hydrogen-bond acceptors (Lipinski definition) is 7. The molecule has 5 heterocycles. The molecule has 42 heavy (non-hydrogen) atoms. The van der Waals surface area contributed by atoms with Gasteiger partial charge in [0.2, 0.25) is 5.95 Å². The predicted octanol–water partition coefficient (Wildman–Crippen LogP) is 5.31. The van der Waals surface area contributed by atoms with E-state index in [4.69, 9.17) is 9.97 Å². The zero-order valence-corrected chi connectivity index (χ0v) is 24.2. The summed E-state index contributed by atoms with van der Waals surface area (Å²) in [4.78, 5) is 27.5. The number of nitrogens with zero attached hydrogens (tertiary/aromatic N) is 5. The highest BCUT2D eigenvalue weighted by atomic mass is 16.3. The molecule has 3 aliphatic rings. The standard InChI is InChI=1S/C33H39N7O2/c1-32(42)14-3-2-4-21-39-30(41)26-22-35-31(38-29(26)40(39)28-7-5-6-27(32)37-28)36-25-10-8-23(9-11-25)24-12-15-33(16-13-24)17-19-34-20-18-33/h2,4-11,22,24,34,42H,3,12-21H2,1H3,(H,35,36,38). The average Bonchev–Trinajstić information content (AvgIpc) is 3.28. The molecule has 218 valence electrons. The van der Waals surface area contributed by atoms with Crippen LogP contribution in [0, 0.1) is 5.41 Å². The molecule has 9 nitrogen and oxygen atoms in total. The SMILES string of the molecule is CC1(O)CCC=CCn2c(=O)c3cnc(Nc4ccc(C5CCC6(CCNCC6)CC5)cc4)nc3n2-c2cccc1n2. The maximum atomic E-state index is 13.4. The lowest BCUT2D eigenvalue weighted by Crippen LogP contribution is -2.38. The summed E-state index contributed by atoms with van der Waals surface area (Å²) in [5, 5.41) is 18.4. The van der Waals surface area contributed by atoms with Crippen LogP contribution in [0.5, 0.6) is 0 Å². The van der Waals surface area contributed by atoms with Gasteiger partial charge in [0, 0.05) is 11.9 Å². The van der Waals surface area contributed by atoms with Crippen LogP contribution in [0.25, 0.3) is 16.9 Å². The molecule has 2 aliphatic heterocycles. The van der Waals surface area contributed by atoms with Crippen molar-refractivity contribution in [3.05, 3.63) is 82.4 Å². The highest BCUT2D eigenvalue weighted by molar-refractivity contribution is 5.77. The van der Waals surface area contributed by atoms with Crippen molar-refractivity contribution in [3.63, 3.8) is 0 Å². The second kappa shape index (κ2) is 10.8. The van der Waals surface area contributed by atoms with E-state index in [1.54, 1.807) is 22.5 Å². The molecule has 0 amide bonds. The summed E-state index contributed by atoms with van der Waals surface area (Å²) in [6.07, 6.45) is 14.6. The molecule has 9 heteroatoms. The fourth-order valence-electron chi connectivity index (χ4n) is 7.10. The molecule has 4 aromatic rings. The third kappa shape index (κ3) is 5.05. The first-order valence-corrected chi connectivity index (χ1v) is 15.3. The van der Waals surface area contributed by atoms with Crippen molar-refractivity contribution in [2.75, 3.05) is 18.4 Å². The smallest absolute Gasteiger partial charge is 0.278 e. The lowest BCUT2D eigenvalue weighted by atomic mass is 9.65. The molecule has 1 spiro atoms. The minimum atomic E-state index is -1.08. The molecule has 3 N–H and O–H groups in total. The fraction of sp³-hybridized carbons (Fsp3) is 0.455. The summed E-state index contributed by atoms with van der Waals surface area (Å²) in [6.45, 7) is 4.48. The Bertz CT molecular complexity index is 1670. The van der Waals surface area contributed by atoms with Crippen LogP contribution in [0.2, 0.25) is 0 Å². The van der Waals surface area contributed by atoms with Gasteiger partial charge in [0.15, 0.2) is 11.5 Å². The summed E-state index contributed by atoms with van der Waals surface area (Å²) in [5.74, 6) is 1.56. The Morgan fingerprint density at radius 1 is 0.976 bits per heavy atom. The molecule has 1 unspecified atom stereocenters. The molecule has 2 fully saturated rings. The van der Waals surface area contributed by atoms with E-state index in [9.17, 15) is 9.90 Å². The highest BCUT2D eigenvalue weighted by Gasteiger charge is 2.36. The normalized spacial score (nSPS) is 22.5. The molecule has 1 saturated carbocycles. The van der Waals surface area contributed by atoms with Gasteiger partial charge in [0.05, 0.1) is 12.2 Å². The van der Waals surface area contributed by atoms with Gasteiger partial charge in [-0.1, -0.05) is 30.4 Å². The van der Waals surface area contributed by atoms with Crippen molar-refractivity contribution >= 4 is 22.7 Å². The fourth-order valence-corrected chi connectivity index (χ4v) is 7.10. The third-order valence-electron chi connectivity index (χ3n) is 9.77. The van der Waals surface area contributed by atoms with E-state index in [0.717, 1.165) is 5.69 Å². The van der Waals surface area contributed by atoms with E-state index in [1.165, 1.54) is 57.2 Å². The van der Waals surface area contributed by atoms with Crippen molar-refractivity contribution in [1.82, 2.24) is 29.6 Å². The third-order valence-corrected chi connectivity index (χ3v) is 9.77. The number of hydrogen-bond donors (Lipinski definition) is 3. The predicted molar refractivity (Wildman–Crippen MR) is 164 cm³/mol. The number of aromatic nitrogens is 5. The first-order chi connectivity index (χ1) is 20.4. The number of nitrogens with one attached hydrogen (secondary N) is 2. The zero-order valence-electron chi connectivity index (χ0n) is 24.2. The van der Waals surface area contributed by atoms with Crippen LogP contribution in [0.15, 0.2) is 65.6 Å². The molecule has 1 aliphatic carbocycles. The van der Waals surface area contributed by atoms with Crippen LogP contribution in [-0.4, -0.2) is 42.5 Å². The van der Waals surface area contributed by atoms with E-state index in [2.05, 4.69) is 39.9 Å². The molecule has 3 aromatic heterocycles. The van der Waals surface area contributed by atoms with Gasteiger partial charge >= 0.3 is 0 Å². The molecular formula is C33H39N7O2. The number of rotatable bonds is 3. The quantitative estimate of drug-likeness (QED) is 0.289. The summed E-state index contributed by atoms with van der Waals surface area (Å²) < 4.78 is 3.36. The van der Waals surface area contributed by atoms with E-state index in [-0.39, 0.29) is 5.56 Å². The molecular weight excluding hydrogens is 526 g/mol. The van der Waals surface area contributed by atoms with E-state index in [0.29, 0.717) is 59.2 Å². The number of allylic oxidation sites excluding steroid dienone is 2.